The molecule has 0 aliphatic rings. The fourth-order valence-electron chi connectivity index (χ4n) is 2.17. The van der Waals surface area contributed by atoms with E-state index in [2.05, 4.69) is 8.37 Å². The van der Waals surface area contributed by atoms with Crippen LogP contribution in [0.5, 0.6) is 11.5 Å². The van der Waals surface area contributed by atoms with Crippen molar-refractivity contribution in [3.8, 4) is 11.5 Å². The molecule has 0 saturated heterocycles. The molecule has 0 aromatic heterocycles. The third-order valence-electron chi connectivity index (χ3n) is 3.31. The average Bonchev–Trinajstić information content (AvgIpc) is 2.52. The molecular formula is C16H8F10O3S. The second kappa shape index (κ2) is 8.70. The van der Waals surface area contributed by atoms with Gasteiger partial charge in [-0.3, -0.25) is 0 Å². The van der Waals surface area contributed by atoms with E-state index < -0.39 is 82.5 Å². The van der Waals surface area contributed by atoms with Crippen molar-refractivity contribution in [3.05, 3.63) is 58.7 Å². The summed E-state index contributed by atoms with van der Waals surface area (Å²) in [6.07, 6.45) is -13.7. The van der Waals surface area contributed by atoms with E-state index in [4.69, 9.17) is 0 Å². The normalized spacial score (nSPS) is 12.4. The topological polar surface area (TPSA) is 35.5 Å². The minimum atomic E-state index is -4.91. The van der Waals surface area contributed by atoms with E-state index >= 15 is 0 Å². The van der Waals surface area contributed by atoms with E-state index in [-0.39, 0.29) is 24.3 Å². The molecule has 0 unspecified atom stereocenters. The van der Waals surface area contributed by atoms with Crippen LogP contribution in [0, 0.1) is 23.3 Å². The molecule has 0 bridgehead atoms. The van der Waals surface area contributed by atoms with Crippen molar-refractivity contribution in [2.45, 2.75) is 25.2 Å². The Bertz CT molecular complexity index is 834. The van der Waals surface area contributed by atoms with Crippen LogP contribution >= 0.6 is 0 Å². The molecule has 2 rings (SSSR count). The van der Waals surface area contributed by atoms with Gasteiger partial charge in [-0.2, -0.15) is 30.6 Å². The van der Waals surface area contributed by atoms with Crippen molar-refractivity contribution in [2.24, 2.45) is 0 Å². The minimum Gasteiger partial charge on any atom is -0.371 e. The Balaban J connectivity index is 2.14. The zero-order chi connectivity index (χ0) is 22.9. The quantitative estimate of drug-likeness (QED) is 0.524. The van der Waals surface area contributed by atoms with Gasteiger partial charge in [0.15, 0.2) is 0 Å². The zero-order valence-corrected chi connectivity index (χ0v) is 15.0. The first kappa shape index (κ1) is 23.8. The highest BCUT2D eigenvalue weighted by molar-refractivity contribution is 7.75. The molecule has 0 amide bonds. The summed E-state index contributed by atoms with van der Waals surface area (Å²) < 4.78 is 149. The highest BCUT2D eigenvalue weighted by Gasteiger charge is 2.32. The first-order valence-corrected chi connectivity index (χ1v) is 8.52. The summed E-state index contributed by atoms with van der Waals surface area (Å²) in [6.45, 7) is 0. The number of hydrogen-bond donors (Lipinski definition) is 0. The SMILES string of the molecule is O=S(Oc1cc(F)c(CC(F)(F)F)c(F)c1)Oc1cc(F)c(CC(F)(F)F)c(F)c1. The summed E-state index contributed by atoms with van der Waals surface area (Å²) in [5, 5.41) is 0. The number of hydrogen-bond acceptors (Lipinski definition) is 3. The first-order chi connectivity index (χ1) is 13.6. The van der Waals surface area contributed by atoms with Crippen molar-refractivity contribution in [2.75, 3.05) is 0 Å². The van der Waals surface area contributed by atoms with E-state index in [1.54, 1.807) is 0 Å². The van der Waals surface area contributed by atoms with Gasteiger partial charge in [-0.05, 0) is 0 Å². The van der Waals surface area contributed by atoms with Crippen LogP contribution in [0.3, 0.4) is 0 Å². The fraction of sp³-hybridized carbons (Fsp3) is 0.250. The van der Waals surface area contributed by atoms with Crippen molar-refractivity contribution >= 4 is 11.4 Å². The van der Waals surface area contributed by atoms with Crippen LogP contribution in [0.4, 0.5) is 43.9 Å². The van der Waals surface area contributed by atoms with Crippen molar-refractivity contribution < 1.29 is 56.5 Å². The third-order valence-corrected chi connectivity index (χ3v) is 3.97. The molecule has 0 aliphatic heterocycles. The van der Waals surface area contributed by atoms with Crippen molar-refractivity contribution in [3.63, 3.8) is 0 Å². The molecule has 166 valence electrons. The highest BCUT2D eigenvalue weighted by atomic mass is 32.2. The van der Waals surface area contributed by atoms with Gasteiger partial charge in [0.1, 0.15) is 34.8 Å². The molecule has 2 aromatic carbocycles. The van der Waals surface area contributed by atoms with Crippen LogP contribution < -0.4 is 8.37 Å². The van der Waals surface area contributed by atoms with Gasteiger partial charge in [0.25, 0.3) is 0 Å². The number of alkyl halides is 6. The smallest absolute Gasteiger partial charge is 0.371 e. The molecule has 0 spiro atoms. The molecule has 0 fully saturated rings. The summed E-state index contributed by atoms with van der Waals surface area (Å²) >= 11 is -3.02. The van der Waals surface area contributed by atoms with Gasteiger partial charge in [-0.25, -0.2) is 17.6 Å². The van der Waals surface area contributed by atoms with Crippen molar-refractivity contribution in [1.82, 2.24) is 0 Å². The van der Waals surface area contributed by atoms with Crippen LogP contribution in [0.25, 0.3) is 0 Å². The molecular weight excluding hydrogens is 462 g/mol. The lowest BCUT2D eigenvalue weighted by molar-refractivity contribution is -0.129. The van der Waals surface area contributed by atoms with Gasteiger partial charge in [0, 0.05) is 35.4 Å². The van der Waals surface area contributed by atoms with Gasteiger partial charge in [-0.1, -0.05) is 0 Å². The minimum absolute atomic E-state index is 0.263. The highest BCUT2D eigenvalue weighted by Crippen LogP contribution is 2.30. The zero-order valence-electron chi connectivity index (χ0n) is 14.1. The second-order valence-corrected chi connectivity index (χ2v) is 6.43. The molecule has 2 aromatic rings. The van der Waals surface area contributed by atoms with E-state index in [1.807, 2.05) is 0 Å². The summed E-state index contributed by atoms with van der Waals surface area (Å²) in [7, 11) is 0. The van der Waals surface area contributed by atoms with E-state index in [9.17, 15) is 48.1 Å². The van der Waals surface area contributed by atoms with Gasteiger partial charge in [0.05, 0.1) is 12.8 Å². The van der Waals surface area contributed by atoms with E-state index in [0.717, 1.165) is 0 Å². The second-order valence-electron chi connectivity index (χ2n) is 5.69. The lowest BCUT2D eigenvalue weighted by Crippen LogP contribution is -2.16. The lowest BCUT2D eigenvalue weighted by Gasteiger charge is -2.12. The Morgan fingerprint density at radius 2 is 0.900 bits per heavy atom. The van der Waals surface area contributed by atoms with Gasteiger partial charge in [0.2, 0.25) is 0 Å². The Labute approximate surface area is 164 Å². The monoisotopic (exact) mass is 470 g/mol. The molecule has 30 heavy (non-hydrogen) atoms. The van der Waals surface area contributed by atoms with E-state index in [1.165, 1.54) is 0 Å². The van der Waals surface area contributed by atoms with Gasteiger partial charge >= 0.3 is 23.7 Å². The van der Waals surface area contributed by atoms with Crippen LogP contribution in [0.15, 0.2) is 24.3 Å². The largest absolute Gasteiger partial charge is 0.417 e. The summed E-state index contributed by atoms with van der Waals surface area (Å²) in [5.41, 5.74) is -2.66. The molecule has 0 radical (unpaired) electrons. The molecule has 3 nitrogen and oxygen atoms in total. The molecule has 0 heterocycles. The average molecular weight is 470 g/mol. The summed E-state index contributed by atoms with van der Waals surface area (Å²) in [5.74, 6) is -8.46. The predicted molar refractivity (Wildman–Crippen MR) is 81.6 cm³/mol. The van der Waals surface area contributed by atoms with Crippen LogP contribution in [0.1, 0.15) is 11.1 Å². The summed E-state index contributed by atoms with van der Waals surface area (Å²) in [4.78, 5) is 0. The van der Waals surface area contributed by atoms with Crippen LogP contribution in [-0.2, 0) is 24.2 Å². The maximum atomic E-state index is 13.7. The van der Waals surface area contributed by atoms with E-state index in [0.29, 0.717) is 0 Å². The Morgan fingerprint density at radius 3 is 1.13 bits per heavy atom. The van der Waals surface area contributed by atoms with Crippen LogP contribution in [0.2, 0.25) is 0 Å². The van der Waals surface area contributed by atoms with Gasteiger partial charge < -0.3 is 8.37 Å². The number of halogens is 10. The molecule has 14 heteroatoms. The van der Waals surface area contributed by atoms with Crippen molar-refractivity contribution in [1.29, 1.82) is 0 Å². The standard InChI is InChI=1S/C16H8F10O3S/c17-11-1-7(2-12(18)9(11)5-15(21,22)23)28-30(27)29-8-3-13(19)10(14(20)4-8)6-16(24,25)26/h1-4H,5-6H2. The number of benzene rings is 2. The lowest BCUT2D eigenvalue weighted by atomic mass is 10.1. The fourth-order valence-corrected chi connectivity index (χ4v) is 2.71. The molecule has 0 atom stereocenters. The Morgan fingerprint density at radius 1 is 0.633 bits per heavy atom. The Hall–Kier alpha value is -2.51. The number of rotatable bonds is 6. The molecule has 0 saturated carbocycles. The molecule has 0 aliphatic carbocycles. The maximum absolute atomic E-state index is 13.7. The van der Waals surface area contributed by atoms with Crippen LogP contribution in [-0.4, -0.2) is 16.6 Å². The first-order valence-electron chi connectivity index (χ1n) is 7.52. The predicted octanol–water partition coefficient (Wildman–Crippen LogP) is 5.49. The Kier molecular flexibility index (Phi) is 6.89. The summed E-state index contributed by atoms with van der Waals surface area (Å²) in [6, 6.07) is 1.05. The maximum Gasteiger partial charge on any atom is 0.417 e. The van der Waals surface area contributed by atoms with Gasteiger partial charge in [-0.15, -0.1) is 0 Å². The molecule has 0 N–H and O–H groups in total. The third kappa shape index (κ3) is 6.78.